The fourth-order valence-electron chi connectivity index (χ4n) is 2.62. The molecule has 4 rings (SSSR count). The van der Waals surface area contributed by atoms with Crippen LogP contribution in [0.3, 0.4) is 0 Å². The second-order valence-electron chi connectivity index (χ2n) is 5.30. The maximum Gasteiger partial charge on any atom is 0.244 e. The van der Waals surface area contributed by atoms with Gasteiger partial charge in [0.2, 0.25) is 5.91 Å². The van der Waals surface area contributed by atoms with Crippen molar-refractivity contribution in [1.29, 1.82) is 0 Å². The minimum atomic E-state index is -0.0965. The number of nitrogens with zero attached hydrogens (tertiary/aromatic N) is 3. The molecule has 0 saturated heterocycles. The lowest BCUT2D eigenvalue weighted by Crippen LogP contribution is -2.19. The Bertz CT molecular complexity index is 977. The number of amides is 1. The van der Waals surface area contributed by atoms with E-state index in [-0.39, 0.29) is 12.5 Å². The summed E-state index contributed by atoms with van der Waals surface area (Å²) in [6.07, 6.45) is 0. The first kappa shape index (κ1) is 14.6. The lowest BCUT2D eigenvalue weighted by Gasteiger charge is -2.09. The molecule has 0 aliphatic heterocycles. The van der Waals surface area contributed by atoms with Crippen LogP contribution in [0, 0.1) is 0 Å². The molecule has 5 nitrogen and oxygen atoms in total. The van der Waals surface area contributed by atoms with E-state index in [9.17, 15) is 4.79 Å². The number of hydrogen-bond donors (Lipinski definition) is 1. The average Bonchev–Trinajstić information content (AvgIpc) is 3.24. The van der Waals surface area contributed by atoms with Gasteiger partial charge in [0.15, 0.2) is 5.82 Å². The molecule has 24 heavy (non-hydrogen) atoms. The predicted molar refractivity (Wildman–Crippen MR) is 95.9 cm³/mol. The quantitative estimate of drug-likeness (QED) is 0.617. The maximum atomic E-state index is 12.5. The summed E-state index contributed by atoms with van der Waals surface area (Å²) in [4.78, 5) is 21.4. The van der Waals surface area contributed by atoms with Crippen LogP contribution in [-0.2, 0) is 11.3 Å². The molecule has 1 amide bonds. The van der Waals surface area contributed by atoms with Crippen molar-refractivity contribution in [2.24, 2.45) is 0 Å². The molecule has 118 valence electrons. The highest BCUT2D eigenvalue weighted by Crippen LogP contribution is 2.24. The van der Waals surface area contributed by atoms with Crippen molar-refractivity contribution in [3.05, 3.63) is 65.5 Å². The Morgan fingerprint density at radius 2 is 1.88 bits per heavy atom. The Morgan fingerprint density at radius 1 is 1.08 bits per heavy atom. The van der Waals surface area contributed by atoms with Gasteiger partial charge in [-0.1, -0.05) is 30.3 Å². The number of nitrogens with one attached hydrogen (secondary N) is 1. The first-order chi connectivity index (χ1) is 11.8. The molecule has 2 aromatic carbocycles. The van der Waals surface area contributed by atoms with E-state index in [1.54, 1.807) is 5.51 Å². The third kappa shape index (κ3) is 2.79. The summed E-state index contributed by atoms with van der Waals surface area (Å²) in [5.74, 6) is 0.612. The van der Waals surface area contributed by atoms with E-state index >= 15 is 0 Å². The van der Waals surface area contributed by atoms with E-state index < -0.39 is 0 Å². The molecular formula is C18H14N4OS. The highest BCUT2D eigenvalue weighted by atomic mass is 32.1. The number of rotatable bonds is 4. The molecule has 0 spiro atoms. The number of benzene rings is 2. The largest absolute Gasteiger partial charge is 0.325 e. The van der Waals surface area contributed by atoms with Gasteiger partial charge in [0.1, 0.15) is 12.2 Å². The smallest absolute Gasteiger partial charge is 0.244 e. The van der Waals surface area contributed by atoms with Crippen molar-refractivity contribution in [2.45, 2.75) is 6.54 Å². The molecule has 0 aliphatic carbocycles. The molecule has 4 aromatic rings. The normalized spacial score (nSPS) is 10.8. The van der Waals surface area contributed by atoms with E-state index in [4.69, 9.17) is 0 Å². The van der Waals surface area contributed by atoms with Crippen molar-refractivity contribution in [2.75, 3.05) is 5.32 Å². The van der Waals surface area contributed by atoms with Crippen LogP contribution < -0.4 is 5.32 Å². The lowest BCUT2D eigenvalue weighted by molar-refractivity contribution is -0.116. The van der Waals surface area contributed by atoms with Gasteiger partial charge in [-0.3, -0.25) is 4.79 Å². The number of para-hydroxylation sites is 3. The highest BCUT2D eigenvalue weighted by molar-refractivity contribution is 7.07. The van der Waals surface area contributed by atoms with Gasteiger partial charge in [-0.05, 0) is 24.3 Å². The Kier molecular flexibility index (Phi) is 3.80. The second kappa shape index (κ2) is 6.25. The van der Waals surface area contributed by atoms with Gasteiger partial charge in [-0.15, -0.1) is 11.3 Å². The summed E-state index contributed by atoms with van der Waals surface area (Å²) in [6.45, 7) is 0.183. The van der Waals surface area contributed by atoms with Crippen LogP contribution in [0.1, 0.15) is 0 Å². The van der Waals surface area contributed by atoms with Crippen molar-refractivity contribution in [3.8, 4) is 11.5 Å². The molecule has 0 atom stereocenters. The molecule has 0 fully saturated rings. The molecule has 0 bridgehead atoms. The lowest BCUT2D eigenvalue weighted by atomic mass is 10.3. The monoisotopic (exact) mass is 334 g/mol. The number of carbonyl (C=O) groups excluding carboxylic acids is 1. The van der Waals surface area contributed by atoms with Crippen LogP contribution in [0.15, 0.2) is 65.5 Å². The second-order valence-corrected chi connectivity index (χ2v) is 6.02. The topological polar surface area (TPSA) is 59.8 Å². The third-order valence-electron chi connectivity index (χ3n) is 3.68. The Labute approximate surface area is 142 Å². The zero-order chi connectivity index (χ0) is 16.4. The van der Waals surface area contributed by atoms with Crippen LogP contribution in [0.25, 0.3) is 22.6 Å². The molecule has 1 N–H and O–H groups in total. The SMILES string of the molecule is O=C(Cn1c(-c2cscn2)nc2ccccc21)Nc1ccccc1. The molecular weight excluding hydrogens is 320 g/mol. The predicted octanol–water partition coefficient (Wildman–Crippen LogP) is 3.80. The van der Waals surface area contributed by atoms with Crippen LogP contribution >= 0.6 is 11.3 Å². The summed E-state index contributed by atoms with van der Waals surface area (Å²) in [5, 5.41) is 4.85. The van der Waals surface area contributed by atoms with Gasteiger partial charge in [0, 0.05) is 11.1 Å². The zero-order valence-corrected chi connectivity index (χ0v) is 13.5. The van der Waals surface area contributed by atoms with Gasteiger partial charge in [-0.2, -0.15) is 0 Å². The first-order valence-corrected chi connectivity index (χ1v) is 8.44. The maximum absolute atomic E-state index is 12.5. The summed E-state index contributed by atoms with van der Waals surface area (Å²) in [5.41, 5.74) is 5.10. The summed E-state index contributed by atoms with van der Waals surface area (Å²) < 4.78 is 1.91. The van der Waals surface area contributed by atoms with Crippen molar-refractivity contribution in [3.63, 3.8) is 0 Å². The van der Waals surface area contributed by atoms with Crippen LogP contribution in [0.2, 0.25) is 0 Å². The number of carbonyl (C=O) groups is 1. The Hall–Kier alpha value is -2.99. The van der Waals surface area contributed by atoms with Crippen LogP contribution in [-0.4, -0.2) is 20.4 Å². The standard InChI is InChI=1S/C18H14N4OS/c23-17(20-13-6-2-1-3-7-13)10-22-16-9-5-4-8-14(16)21-18(22)15-11-24-12-19-15/h1-9,11-12H,10H2,(H,20,23). The Balaban J connectivity index is 1.70. The summed E-state index contributed by atoms with van der Waals surface area (Å²) in [7, 11) is 0. The van der Waals surface area contributed by atoms with Gasteiger partial charge < -0.3 is 9.88 Å². The fraction of sp³-hybridized carbons (Fsp3) is 0.0556. The van der Waals surface area contributed by atoms with E-state index in [1.165, 1.54) is 11.3 Å². The number of thiazole rings is 1. The molecule has 2 aromatic heterocycles. The number of imidazole rings is 1. The van der Waals surface area contributed by atoms with Gasteiger partial charge >= 0.3 is 0 Å². The van der Waals surface area contributed by atoms with Crippen molar-refractivity contribution >= 4 is 34.0 Å². The number of hydrogen-bond acceptors (Lipinski definition) is 4. The minimum absolute atomic E-state index is 0.0965. The first-order valence-electron chi connectivity index (χ1n) is 7.50. The minimum Gasteiger partial charge on any atom is -0.325 e. The molecule has 6 heteroatoms. The average molecular weight is 334 g/mol. The number of anilines is 1. The summed E-state index contributed by atoms with van der Waals surface area (Å²) >= 11 is 1.51. The molecule has 2 heterocycles. The van der Waals surface area contributed by atoms with Crippen molar-refractivity contribution < 1.29 is 4.79 Å². The number of aromatic nitrogens is 3. The van der Waals surface area contributed by atoms with E-state index in [0.717, 1.165) is 22.4 Å². The van der Waals surface area contributed by atoms with Gasteiger partial charge in [0.25, 0.3) is 0 Å². The van der Waals surface area contributed by atoms with Crippen LogP contribution in [0.4, 0.5) is 5.69 Å². The zero-order valence-electron chi connectivity index (χ0n) is 12.7. The van der Waals surface area contributed by atoms with Gasteiger partial charge in [0.05, 0.1) is 16.5 Å². The fourth-order valence-corrected chi connectivity index (χ4v) is 3.15. The number of fused-ring (bicyclic) bond motifs is 1. The highest BCUT2D eigenvalue weighted by Gasteiger charge is 2.16. The molecule has 0 unspecified atom stereocenters. The molecule has 0 radical (unpaired) electrons. The van der Waals surface area contributed by atoms with Gasteiger partial charge in [-0.25, -0.2) is 9.97 Å². The van der Waals surface area contributed by atoms with E-state index in [0.29, 0.717) is 5.82 Å². The summed E-state index contributed by atoms with van der Waals surface area (Å²) in [6, 6.07) is 17.2. The molecule has 0 aliphatic rings. The van der Waals surface area contributed by atoms with Crippen LogP contribution in [0.5, 0.6) is 0 Å². The Morgan fingerprint density at radius 3 is 2.67 bits per heavy atom. The van der Waals surface area contributed by atoms with E-state index in [1.807, 2.05) is 64.5 Å². The third-order valence-corrected chi connectivity index (χ3v) is 4.26. The van der Waals surface area contributed by atoms with Crippen molar-refractivity contribution in [1.82, 2.24) is 14.5 Å². The van der Waals surface area contributed by atoms with E-state index in [2.05, 4.69) is 15.3 Å². The molecule has 0 saturated carbocycles.